The molecule has 0 saturated heterocycles. The average Bonchev–Trinajstić information content (AvgIpc) is 2.62. The molecule has 3 rings (SSSR count). The van der Waals surface area contributed by atoms with Crippen molar-refractivity contribution in [3.8, 4) is 0 Å². The van der Waals surface area contributed by atoms with Crippen LogP contribution < -0.4 is 10.9 Å². The lowest BCUT2D eigenvalue weighted by Crippen LogP contribution is -2.23. The van der Waals surface area contributed by atoms with E-state index in [9.17, 15) is 9.59 Å². The lowest BCUT2D eigenvalue weighted by molar-refractivity contribution is 0.102. The number of anilines is 1. The highest BCUT2D eigenvalue weighted by Gasteiger charge is 2.11. The molecule has 0 atom stereocenters. The van der Waals surface area contributed by atoms with E-state index in [1.54, 1.807) is 16.8 Å². The third kappa shape index (κ3) is 4.11. The molecule has 1 amide bonds. The monoisotopic (exact) mass is 410 g/mol. The number of aryl methyl sites for hydroxylation is 2. The summed E-state index contributed by atoms with van der Waals surface area (Å²) < 4.78 is 2.53. The standard InChI is InChI=1S/C21H19BrN2O2/c1-14-4-3-5-15(2)20(14)23-21(26)17-8-11-19(25)24(13-17)12-16-6-9-18(22)10-7-16/h3-11,13H,12H2,1-2H3,(H,23,26). The van der Waals surface area contributed by atoms with Crippen molar-refractivity contribution in [3.05, 3.63) is 97.9 Å². The summed E-state index contributed by atoms with van der Waals surface area (Å²) in [5.41, 5.74) is 4.11. The van der Waals surface area contributed by atoms with Crippen LogP contribution in [0.3, 0.4) is 0 Å². The molecule has 4 nitrogen and oxygen atoms in total. The fraction of sp³-hybridized carbons (Fsp3) is 0.143. The highest BCUT2D eigenvalue weighted by molar-refractivity contribution is 9.10. The minimum absolute atomic E-state index is 0.142. The van der Waals surface area contributed by atoms with Crippen molar-refractivity contribution < 1.29 is 4.79 Å². The highest BCUT2D eigenvalue weighted by atomic mass is 79.9. The number of halogens is 1. The molecule has 132 valence electrons. The van der Waals surface area contributed by atoms with Gasteiger partial charge in [-0.1, -0.05) is 46.3 Å². The van der Waals surface area contributed by atoms with Crippen molar-refractivity contribution >= 4 is 27.5 Å². The third-order valence-electron chi connectivity index (χ3n) is 4.23. The number of pyridine rings is 1. The number of hydrogen-bond donors (Lipinski definition) is 1. The van der Waals surface area contributed by atoms with Gasteiger partial charge in [-0.25, -0.2) is 0 Å². The molecule has 2 aromatic carbocycles. The zero-order chi connectivity index (χ0) is 18.7. The van der Waals surface area contributed by atoms with E-state index in [4.69, 9.17) is 0 Å². The molecular formula is C21H19BrN2O2. The normalized spacial score (nSPS) is 10.6. The molecule has 0 unspecified atom stereocenters. The lowest BCUT2D eigenvalue weighted by Gasteiger charge is -2.12. The van der Waals surface area contributed by atoms with Gasteiger partial charge in [0.25, 0.3) is 11.5 Å². The van der Waals surface area contributed by atoms with Crippen LogP contribution in [-0.2, 0) is 6.54 Å². The fourth-order valence-corrected chi connectivity index (χ4v) is 3.04. The van der Waals surface area contributed by atoms with E-state index in [1.807, 2.05) is 56.3 Å². The largest absolute Gasteiger partial charge is 0.321 e. The molecule has 26 heavy (non-hydrogen) atoms. The third-order valence-corrected chi connectivity index (χ3v) is 4.76. The van der Waals surface area contributed by atoms with Gasteiger partial charge in [0.1, 0.15) is 0 Å². The number of amides is 1. The molecular weight excluding hydrogens is 392 g/mol. The molecule has 5 heteroatoms. The van der Waals surface area contributed by atoms with Crippen LogP contribution in [0.1, 0.15) is 27.0 Å². The molecule has 1 aromatic heterocycles. The maximum Gasteiger partial charge on any atom is 0.257 e. The van der Waals surface area contributed by atoms with Gasteiger partial charge in [-0.05, 0) is 48.7 Å². The Kier molecular flexibility index (Phi) is 5.38. The number of rotatable bonds is 4. The minimum Gasteiger partial charge on any atom is -0.321 e. The number of carbonyl (C=O) groups is 1. The van der Waals surface area contributed by atoms with Gasteiger partial charge in [0.05, 0.1) is 12.1 Å². The number of nitrogens with zero attached hydrogens (tertiary/aromatic N) is 1. The molecule has 3 aromatic rings. The van der Waals surface area contributed by atoms with Gasteiger partial charge < -0.3 is 9.88 Å². The summed E-state index contributed by atoms with van der Waals surface area (Å²) >= 11 is 3.40. The van der Waals surface area contributed by atoms with Crippen molar-refractivity contribution in [2.45, 2.75) is 20.4 Å². The first kappa shape index (κ1) is 18.1. The van der Waals surface area contributed by atoms with E-state index in [0.29, 0.717) is 12.1 Å². The zero-order valence-corrected chi connectivity index (χ0v) is 16.2. The smallest absolute Gasteiger partial charge is 0.257 e. The first-order chi connectivity index (χ1) is 12.4. The Balaban J connectivity index is 1.85. The van der Waals surface area contributed by atoms with E-state index < -0.39 is 0 Å². The quantitative estimate of drug-likeness (QED) is 0.686. The van der Waals surface area contributed by atoms with Crippen LogP contribution in [0.4, 0.5) is 5.69 Å². The summed E-state index contributed by atoms with van der Waals surface area (Å²) in [7, 11) is 0. The van der Waals surface area contributed by atoms with E-state index in [2.05, 4.69) is 21.2 Å². The second-order valence-electron chi connectivity index (χ2n) is 6.23. The predicted molar refractivity (Wildman–Crippen MR) is 108 cm³/mol. The van der Waals surface area contributed by atoms with Crippen molar-refractivity contribution in [1.29, 1.82) is 0 Å². The van der Waals surface area contributed by atoms with Gasteiger partial charge in [-0.2, -0.15) is 0 Å². The Labute approximate surface area is 160 Å². The maximum absolute atomic E-state index is 12.6. The van der Waals surface area contributed by atoms with E-state index >= 15 is 0 Å². The van der Waals surface area contributed by atoms with Gasteiger partial charge in [0.15, 0.2) is 0 Å². The van der Waals surface area contributed by atoms with E-state index in [1.165, 1.54) is 6.07 Å². The Morgan fingerprint density at radius 1 is 1.00 bits per heavy atom. The average molecular weight is 411 g/mol. The Morgan fingerprint density at radius 3 is 2.31 bits per heavy atom. The van der Waals surface area contributed by atoms with Crippen LogP contribution in [0.15, 0.2) is 70.1 Å². The Hall–Kier alpha value is -2.66. The Bertz CT molecular complexity index is 987. The van der Waals surface area contributed by atoms with Gasteiger partial charge in [-0.3, -0.25) is 9.59 Å². The summed E-state index contributed by atoms with van der Waals surface area (Å²) in [5.74, 6) is -0.230. The number of nitrogens with one attached hydrogen (secondary N) is 1. The molecule has 0 spiro atoms. The molecule has 0 aliphatic rings. The van der Waals surface area contributed by atoms with E-state index in [0.717, 1.165) is 26.9 Å². The van der Waals surface area contributed by atoms with Crippen molar-refractivity contribution in [2.24, 2.45) is 0 Å². The molecule has 0 saturated carbocycles. The first-order valence-corrected chi connectivity index (χ1v) is 9.06. The minimum atomic E-state index is -0.230. The summed E-state index contributed by atoms with van der Waals surface area (Å²) in [6.45, 7) is 4.32. The lowest BCUT2D eigenvalue weighted by atomic mass is 10.1. The number of para-hydroxylation sites is 1. The number of benzene rings is 2. The summed E-state index contributed by atoms with van der Waals surface area (Å²) in [6, 6.07) is 16.6. The highest BCUT2D eigenvalue weighted by Crippen LogP contribution is 2.20. The molecule has 1 heterocycles. The topological polar surface area (TPSA) is 51.1 Å². The van der Waals surface area contributed by atoms with Crippen LogP contribution in [0.2, 0.25) is 0 Å². The van der Waals surface area contributed by atoms with Crippen molar-refractivity contribution in [2.75, 3.05) is 5.32 Å². The van der Waals surface area contributed by atoms with Crippen LogP contribution in [0, 0.1) is 13.8 Å². The second kappa shape index (κ2) is 7.70. The summed E-state index contributed by atoms with van der Waals surface area (Å²) in [4.78, 5) is 24.8. The van der Waals surface area contributed by atoms with Crippen LogP contribution in [0.25, 0.3) is 0 Å². The van der Waals surface area contributed by atoms with Gasteiger partial charge in [0.2, 0.25) is 0 Å². The summed E-state index contributed by atoms with van der Waals surface area (Å²) in [6.07, 6.45) is 1.60. The molecule has 0 radical (unpaired) electrons. The SMILES string of the molecule is Cc1cccc(C)c1NC(=O)c1ccc(=O)n(Cc2ccc(Br)cc2)c1. The fourth-order valence-electron chi connectivity index (χ4n) is 2.77. The first-order valence-electron chi connectivity index (χ1n) is 8.26. The molecule has 0 fully saturated rings. The Morgan fingerprint density at radius 2 is 1.65 bits per heavy atom. The van der Waals surface area contributed by atoms with Crippen molar-refractivity contribution in [1.82, 2.24) is 4.57 Å². The maximum atomic E-state index is 12.6. The number of aromatic nitrogens is 1. The van der Waals surface area contributed by atoms with E-state index in [-0.39, 0.29) is 11.5 Å². The van der Waals surface area contributed by atoms with Gasteiger partial charge >= 0.3 is 0 Å². The summed E-state index contributed by atoms with van der Waals surface area (Å²) in [5, 5.41) is 2.95. The molecule has 0 bridgehead atoms. The van der Waals surface area contributed by atoms with Gasteiger partial charge in [0, 0.05) is 22.4 Å². The number of hydrogen-bond acceptors (Lipinski definition) is 2. The number of carbonyl (C=O) groups excluding carboxylic acids is 1. The molecule has 1 N–H and O–H groups in total. The molecule has 0 aliphatic carbocycles. The molecule has 0 aliphatic heterocycles. The van der Waals surface area contributed by atoms with Crippen LogP contribution >= 0.6 is 15.9 Å². The second-order valence-corrected chi connectivity index (χ2v) is 7.15. The zero-order valence-electron chi connectivity index (χ0n) is 14.6. The van der Waals surface area contributed by atoms with Crippen molar-refractivity contribution in [3.63, 3.8) is 0 Å². The van der Waals surface area contributed by atoms with Gasteiger partial charge in [-0.15, -0.1) is 0 Å². The predicted octanol–water partition coefficient (Wildman–Crippen LogP) is 4.53. The van der Waals surface area contributed by atoms with Crippen LogP contribution in [0.5, 0.6) is 0 Å². The van der Waals surface area contributed by atoms with Crippen LogP contribution in [-0.4, -0.2) is 10.5 Å².